The van der Waals surface area contributed by atoms with E-state index < -0.39 is 30.0 Å². The first-order valence-electron chi connectivity index (χ1n) is 16.4. The highest BCUT2D eigenvalue weighted by Crippen LogP contribution is 2.65. The van der Waals surface area contributed by atoms with Gasteiger partial charge in [0.15, 0.2) is 11.9 Å². The molecule has 3 saturated carbocycles. The molecule has 0 N–H and O–H groups in total. The van der Waals surface area contributed by atoms with E-state index in [1.807, 2.05) is 6.08 Å². The van der Waals surface area contributed by atoms with Gasteiger partial charge in [-0.3, -0.25) is 28.8 Å². The van der Waals surface area contributed by atoms with Gasteiger partial charge in [-0.15, -0.1) is 0 Å². The van der Waals surface area contributed by atoms with E-state index in [1.54, 1.807) is 0 Å². The number of carbonyl (C=O) groups excluding carboxylic acids is 6. The summed E-state index contributed by atoms with van der Waals surface area (Å²) in [5.41, 5.74) is 1.42. The van der Waals surface area contributed by atoms with Gasteiger partial charge in [0.1, 0.15) is 19.3 Å². The fourth-order valence-electron chi connectivity index (χ4n) is 8.38. The first-order valence-corrected chi connectivity index (χ1v) is 16.4. The minimum absolute atomic E-state index is 0.0236. The van der Waals surface area contributed by atoms with Gasteiger partial charge in [-0.1, -0.05) is 19.4 Å². The topological polar surface area (TPSA) is 149 Å². The van der Waals surface area contributed by atoms with E-state index in [4.69, 9.17) is 23.7 Å². The molecule has 0 aromatic heterocycles. The minimum atomic E-state index is -0.987. The standard InChI is InChI=1S/C34H48O11/c1-21(35)42-19-25(20-43-22(2)36)44-32(40)12-11-30(38)41-17-5-6-31(39)45-29-10-9-27-26-8-7-23-18-24(37)13-15-33(23,3)28(26)14-16-34(27,29)4/h18,25-29H,5-17,19-20H2,1-4H3/t26-,27-,28-,29-,33-,34-/m0/s1. The van der Waals surface area contributed by atoms with E-state index in [9.17, 15) is 28.8 Å². The number of hydrogen-bond donors (Lipinski definition) is 0. The number of carbonyl (C=O) groups is 6. The maximum absolute atomic E-state index is 12.8. The Kier molecular flexibility index (Phi) is 11.5. The van der Waals surface area contributed by atoms with Crippen molar-refractivity contribution in [1.82, 2.24) is 0 Å². The third-order valence-corrected chi connectivity index (χ3v) is 10.7. The van der Waals surface area contributed by atoms with Crippen LogP contribution in [0.25, 0.3) is 0 Å². The lowest BCUT2D eigenvalue weighted by Crippen LogP contribution is -2.51. The Hall–Kier alpha value is -3.24. The summed E-state index contributed by atoms with van der Waals surface area (Å²) >= 11 is 0. The highest BCUT2D eigenvalue weighted by molar-refractivity contribution is 5.91. The van der Waals surface area contributed by atoms with E-state index in [0.717, 1.165) is 44.9 Å². The minimum Gasteiger partial charge on any atom is -0.466 e. The van der Waals surface area contributed by atoms with Crippen molar-refractivity contribution < 1.29 is 52.5 Å². The van der Waals surface area contributed by atoms with Gasteiger partial charge in [0.25, 0.3) is 0 Å². The van der Waals surface area contributed by atoms with Gasteiger partial charge in [-0.05, 0) is 80.6 Å². The summed E-state index contributed by atoms with van der Waals surface area (Å²) in [6.45, 7) is 6.51. The molecule has 0 aromatic rings. The molecule has 11 heteroatoms. The molecular weight excluding hydrogens is 584 g/mol. The summed E-state index contributed by atoms with van der Waals surface area (Å²) in [6.07, 6.45) is 8.49. The first kappa shape index (κ1) is 34.6. The highest BCUT2D eigenvalue weighted by Gasteiger charge is 2.60. The molecule has 4 aliphatic rings. The zero-order chi connectivity index (χ0) is 32.8. The predicted molar refractivity (Wildman–Crippen MR) is 159 cm³/mol. The summed E-state index contributed by atoms with van der Waals surface area (Å²) < 4.78 is 26.0. The quantitative estimate of drug-likeness (QED) is 0.160. The SMILES string of the molecule is CC(=O)OCC(COC(C)=O)OC(=O)CCC(=O)OCCCC(=O)O[C@H]1CC[C@H]2[C@@H]3CCC4=CC(=O)CC[C@]4(C)[C@H]3CC[C@]12C. The first-order chi connectivity index (χ1) is 21.3. The molecular formula is C34H48O11. The van der Waals surface area contributed by atoms with Gasteiger partial charge in [-0.2, -0.15) is 0 Å². The molecule has 4 rings (SSSR count). The molecule has 0 aliphatic heterocycles. The second-order valence-corrected chi connectivity index (χ2v) is 13.6. The van der Waals surface area contributed by atoms with Crippen LogP contribution in [0.2, 0.25) is 0 Å². The van der Waals surface area contributed by atoms with Crippen molar-refractivity contribution in [2.75, 3.05) is 19.8 Å². The van der Waals surface area contributed by atoms with Crippen molar-refractivity contribution in [3.8, 4) is 0 Å². The maximum atomic E-state index is 12.8. The Morgan fingerprint density at radius 2 is 1.49 bits per heavy atom. The Labute approximate surface area is 265 Å². The van der Waals surface area contributed by atoms with Crippen molar-refractivity contribution in [2.45, 2.75) is 117 Å². The van der Waals surface area contributed by atoms with Crippen LogP contribution >= 0.6 is 0 Å². The molecule has 45 heavy (non-hydrogen) atoms. The smallest absolute Gasteiger partial charge is 0.306 e. The number of rotatable bonds is 13. The van der Waals surface area contributed by atoms with Crippen LogP contribution in [-0.4, -0.2) is 67.7 Å². The second kappa shape index (κ2) is 14.9. The molecule has 4 aliphatic carbocycles. The van der Waals surface area contributed by atoms with Crippen LogP contribution in [0.15, 0.2) is 11.6 Å². The molecule has 6 atom stereocenters. The average Bonchev–Trinajstić information content (AvgIpc) is 3.31. The average molecular weight is 633 g/mol. The summed E-state index contributed by atoms with van der Waals surface area (Å²) in [5, 5.41) is 0. The molecule has 0 radical (unpaired) electrons. The number of fused-ring (bicyclic) bond motifs is 5. The van der Waals surface area contributed by atoms with Crippen LogP contribution in [0.3, 0.4) is 0 Å². The Balaban J connectivity index is 1.15. The van der Waals surface area contributed by atoms with Gasteiger partial charge in [0.05, 0.1) is 19.4 Å². The third-order valence-electron chi connectivity index (χ3n) is 10.7. The van der Waals surface area contributed by atoms with Gasteiger partial charge in [0, 0.05) is 32.1 Å². The van der Waals surface area contributed by atoms with Crippen LogP contribution in [0.4, 0.5) is 0 Å². The molecule has 0 aromatic carbocycles. The van der Waals surface area contributed by atoms with Gasteiger partial charge in [-0.25, -0.2) is 0 Å². The summed E-state index contributed by atoms with van der Waals surface area (Å²) in [4.78, 5) is 71.2. The lowest BCUT2D eigenvalue weighted by molar-refractivity contribution is -0.166. The lowest BCUT2D eigenvalue weighted by atomic mass is 9.47. The molecule has 250 valence electrons. The number of ketones is 1. The normalized spacial score (nSPS) is 30.2. The number of esters is 5. The molecule has 0 amide bonds. The number of hydrogen-bond acceptors (Lipinski definition) is 11. The van der Waals surface area contributed by atoms with Crippen molar-refractivity contribution in [3.05, 3.63) is 11.6 Å². The van der Waals surface area contributed by atoms with E-state index in [-0.39, 0.29) is 67.8 Å². The fraction of sp³-hybridized carbons (Fsp3) is 0.765. The molecule has 0 heterocycles. The Bertz CT molecular complexity index is 1170. The van der Waals surface area contributed by atoms with Gasteiger partial charge in [0.2, 0.25) is 0 Å². The zero-order valence-corrected chi connectivity index (χ0v) is 27.1. The van der Waals surface area contributed by atoms with Crippen LogP contribution in [-0.2, 0) is 52.5 Å². The van der Waals surface area contributed by atoms with Crippen LogP contribution < -0.4 is 0 Å². The third kappa shape index (κ3) is 8.52. The van der Waals surface area contributed by atoms with Gasteiger partial charge >= 0.3 is 29.8 Å². The van der Waals surface area contributed by atoms with Crippen LogP contribution in [0.5, 0.6) is 0 Å². The summed E-state index contributed by atoms with van der Waals surface area (Å²) in [6, 6.07) is 0. The van der Waals surface area contributed by atoms with Crippen molar-refractivity contribution >= 4 is 35.6 Å². The molecule has 0 unspecified atom stereocenters. The number of ether oxygens (including phenoxy) is 5. The zero-order valence-electron chi connectivity index (χ0n) is 27.1. The second-order valence-electron chi connectivity index (χ2n) is 13.6. The molecule has 0 saturated heterocycles. The molecule has 3 fully saturated rings. The van der Waals surface area contributed by atoms with Crippen molar-refractivity contribution in [2.24, 2.45) is 28.6 Å². The predicted octanol–water partition coefficient (Wildman–Crippen LogP) is 4.57. The van der Waals surface area contributed by atoms with E-state index in [0.29, 0.717) is 30.6 Å². The van der Waals surface area contributed by atoms with Crippen LogP contribution in [0.1, 0.15) is 105 Å². The summed E-state index contributed by atoms with van der Waals surface area (Å²) in [5.74, 6) is -0.837. The van der Waals surface area contributed by atoms with E-state index in [1.165, 1.54) is 19.4 Å². The monoisotopic (exact) mass is 632 g/mol. The highest BCUT2D eigenvalue weighted by atomic mass is 16.6. The van der Waals surface area contributed by atoms with Gasteiger partial charge < -0.3 is 23.7 Å². The molecule has 0 spiro atoms. The largest absolute Gasteiger partial charge is 0.466 e. The molecule has 11 nitrogen and oxygen atoms in total. The number of allylic oxidation sites excluding steroid dienone is 1. The molecule has 0 bridgehead atoms. The van der Waals surface area contributed by atoms with Crippen LogP contribution in [0, 0.1) is 28.6 Å². The summed E-state index contributed by atoms with van der Waals surface area (Å²) in [7, 11) is 0. The maximum Gasteiger partial charge on any atom is 0.306 e. The van der Waals surface area contributed by atoms with E-state index >= 15 is 0 Å². The fourth-order valence-corrected chi connectivity index (χ4v) is 8.38. The van der Waals surface area contributed by atoms with E-state index in [2.05, 4.69) is 13.8 Å². The Morgan fingerprint density at radius 1 is 0.800 bits per heavy atom. The van der Waals surface area contributed by atoms with Crippen molar-refractivity contribution in [3.63, 3.8) is 0 Å². The lowest BCUT2D eigenvalue weighted by Gasteiger charge is -2.57. The Morgan fingerprint density at radius 3 is 2.18 bits per heavy atom. The van der Waals surface area contributed by atoms with Crippen molar-refractivity contribution in [1.29, 1.82) is 0 Å².